The standard InChI is InChI=1S/C19H32N2O2/c1-16(2)6-9-21-15-19(13-18(21)22)7-10-20(11-8-19)14-17-5-3-4-12-23-17/h6,17H,3-5,7-15H2,1-2H3/t17-/m0/s1. The number of carbonyl (C=O) groups excluding carboxylic acids is 1. The predicted molar refractivity (Wildman–Crippen MR) is 92.3 cm³/mol. The fourth-order valence-corrected chi connectivity index (χ4v) is 4.22. The van der Waals surface area contributed by atoms with Gasteiger partial charge in [-0.2, -0.15) is 0 Å². The summed E-state index contributed by atoms with van der Waals surface area (Å²) in [6, 6.07) is 0. The molecule has 4 nitrogen and oxygen atoms in total. The molecule has 23 heavy (non-hydrogen) atoms. The zero-order valence-electron chi connectivity index (χ0n) is 14.9. The van der Waals surface area contributed by atoms with Crippen molar-refractivity contribution in [3.05, 3.63) is 11.6 Å². The average Bonchev–Trinajstić information content (AvgIpc) is 2.85. The van der Waals surface area contributed by atoms with E-state index in [1.807, 2.05) is 0 Å². The maximum absolute atomic E-state index is 12.3. The minimum absolute atomic E-state index is 0.247. The quantitative estimate of drug-likeness (QED) is 0.747. The van der Waals surface area contributed by atoms with Crippen molar-refractivity contribution in [2.24, 2.45) is 5.41 Å². The highest BCUT2D eigenvalue weighted by Gasteiger charge is 2.44. The van der Waals surface area contributed by atoms with Crippen LogP contribution in [0.25, 0.3) is 0 Å². The summed E-state index contributed by atoms with van der Waals surface area (Å²) in [5, 5.41) is 0. The van der Waals surface area contributed by atoms with Crippen molar-refractivity contribution in [2.75, 3.05) is 39.3 Å². The summed E-state index contributed by atoms with van der Waals surface area (Å²) in [5.74, 6) is 0.353. The number of piperidine rings is 1. The molecule has 0 unspecified atom stereocenters. The minimum Gasteiger partial charge on any atom is -0.377 e. The van der Waals surface area contributed by atoms with Crippen LogP contribution in [-0.4, -0.2) is 61.1 Å². The average molecular weight is 320 g/mol. The molecule has 0 saturated carbocycles. The molecular formula is C19H32N2O2. The summed E-state index contributed by atoms with van der Waals surface area (Å²) in [6.45, 7) is 10.2. The third kappa shape index (κ3) is 4.36. The monoisotopic (exact) mass is 320 g/mol. The van der Waals surface area contributed by atoms with Crippen LogP contribution < -0.4 is 0 Å². The third-order valence-corrected chi connectivity index (χ3v) is 5.78. The number of nitrogens with zero attached hydrogens (tertiary/aromatic N) is 2. The van der Waals surface area contributed by atoms with Crippen molar-refractivity contribution in [3.8, 4) is 0 Å². The van der Waals surface area contributed by atoms with E-state index in [-0.39, 0.29) is 5.41 Å². The fraction of sp³-hybridized carbons (Fsp3) is 0.842. The molecule has 0 bridgehead atoms. The Labute approximate surface area is 140 Å². The summed E-state index contributed by atoms with van der Waals surface area (Å²) in [4.78, 5) is 16.9. The zero-order chi connectivity index (χ0) is 16.3. The van der Waals surface area contributed by atoms with E-state index in [1.54, 1.807) is 0 Å². The molecule has 3 fully saturated rings. The smallest absolute Gasteiger partial charge is 0.223 e. The Kier molecular flexibility index (Phi) is 5.42. The predicted octanol–water partition coefficient (Wildman–Crippen LogP) is 2.84. The number of ether oxygens (including phenoxy) is 1. The number of allylic oxidation sites excluding steroid dienone is 1. The van der Waals surface area contributed by atoms with E-state index in [1.165, 1.54) is 24.8 Å². The first-order chi connectivity index (χ1) is 11.1. The van der Waals surface area contributed by atoms with Crippen molar-refractivity contribution in [3.63, 3.8) is 0 Å². The number of likely N-dealkylation sites (tertiary alicyclic amines) is 2. The molecule has 130 valence electrons. The molecule has 1 amide bonds. The SMILES string of the molecule is CC(C)=CCN1CC2(CCN(C[C@@H]3CCCCO3)CC2)CC1=O. The maximum Gasteiger partial charge on any atom is 0.223 e. The summed E-state index contributed by atoms with van der Waals surface area (Å²) in [7, 11) is 0. The van der Waals surface area contributed by atoms with Gasteiger partial charge in [0.25, 0.3) is 0 Å². The second-order valence-electron chi connectivity index (χ2n) is 8.02. The van der Waals surface area contributed by atoms with Gasteiger partial charge in [-0.3, -0.25) is 4.79 Å². The van der Waals surface area contributed by atoms with Crippen molar-refractivity contribution < 1.29 is 9.53 Å². The lowest BCUT2D eigenvalue weighted by Crippen LogP contribution is -2.45. The number of hydrogen-bond acceptors (Lipinski definition) is 3. The van der Waals surface area contributed by atoms with Gasteiger partial charge in [0.15, 0.2) is 0 Å². The Hall–Kier alpha value is -0.870. The van der Waals surface area contributed by atoms with Crippen molar-refractivity contribution >= 4 is 5.91 Å². The second kappa shape index (κ2) is 7.35. The number of rotatable bonds is 4. The Bertz CT molecular complexity index is 442. The van der Waals surface area contributed by atoms with Gasteiger partial charge in [0, 0.05) is 32.7 Å². The van der Waals surface area contributed by atoms with Crippen LogP contribution in [0.15, 0.2) is 11.6 Å². The zero-order valence-corrected chi connectivity index (χ0v) is 14.9. The summed E-state index contributed by atoms with van der Waals surface area (Å²) in [5.41, 5.74) is 1.54. The minimum atomic E-state index is 0.247. The molecule has 3 heterocycles. The fourth-order valence-electron chi connectivity index (χ4n) is 4.22. The summed E-state index contributed by atoms with van der Waals surface area (Å²) in [6.07, 6.45) is 9.46. The molecule has 3 aliphatic heterocycles. The van der Waals surface area contributed by atoms with Gasteiger partial charge in [0.2, 0.25) is 5.91 Å². The van der Waals surface area contributed by atoms with E-state index in [0.717, 1.165) is 58.6 Å². The first-order valence-corrected chi connectivity index (χ1v) is 9.31. The van der Waals surface area contributed by atoms with E-state index in [9.17, 15) is 4.79 Å². The van der Waals surface area contributed by atoms with Crippen molar-refractivity contribution in [1.29, 1.82) is 0 Å². The molecule has 0 radical (unpaired) electrons. The van der Waals surface area contributed by atoms with Gasteiger partial charge in [-0.1, -0.05) is 11.6 Å². The highest BCUT2D eigenvalue weighted by atomic mass is 16.5. The molecule has 0 aromatic rings. The Morgan fingerprint density at radius 1 is 1.30 bits per heavy atom. The Morgan fingerprint density at radius 2 is 2.09 bits per heavy atom. The van der Waals surface area contributed by atoms with Crippen LogP contribution in [0, 0.1) is 5.41 Å². The molecule has 3 saturated heterocycles. The molecular weight excluding hydrogens is 288 g/mol. The second-order valence-corrected chi connectivity index (χ2v) is 8.02. The highest BCUT2D eigenvalue weighted by molar-refractivity contribution is 5.79. The number of amides is 1. The maximum atomic E-state index is 12.3. The van der Waals surface area contributed by atoms with Crippen LogP contribution in [-0.2, 0) is 9.53 Å². The molecule has 0 N–H and O–H groups in total. The lowest BCUT2D eigenvalue weighted by Gasteiger charge is -2.40. The molecule has 0 aliphatic carbocycles. The van der Waals surface area contributed by atoms with Gasteiger partial charge >= 0.3 is 0 Å². The first kappa shape index (κ1) is 17.0. The van der Waals surface area contributed by atoms with Gasteiger partial charge in [0.05, 0.1) is 6.10 Å². The van der Waals surface area contributed by atoms with Crippen molar-refractivity contribution in [2.45, 2.75) is 58.5 Å². The van der Waals surface area contributed by atoms with Gasteiger partial charge in [-0.05, 0) is 64.5 Å². The van der Waals surface area contributed by atoms with Crippen LogP contribution in [0.1, 0.15) is 52.4 Å². The molecule has 0 aromatic carbocycles. The van der Waals surface area contributed by atoms with Crippen molar-refractivity contribution in [1.82, 2.24) is 9.80 Å². The Morgan fingerprint density at radius 3 is 2.74 bits per heavy atom. The van der Waals surface area contributed by atoms with E-state index in [4.69, 9.17) is 4.74 Å². The lowest BCUT2D eigenvalue weighted by molar-refractivity contribution is -0.127. The highest BCUT2D eigenvalue weighted by Crippen LogP contribution is 2.41. The van der Waals surface area contributed by atoms with Crippen LogP contribution in [0.3, 0.4) is 0 Å². The molecule has 3 aliphatic rings. The number of carbonyl (C=O) groups is 1. The lowest BCUT2D eigenvalue weighted by atomic mass is 9.77. The molecule has 0 aromatic heterocycles. The first-order valence-electron chi connectivity index (χ1n) is 9.31. The summed E-state index contributed by atoms with van der Waals surface area (Å²) >= 11 is 0. The summed E-state index contributed by atoms with van der Waals surface area (Å²) < 4.78 is 5.88. The topological polar surface area (TPSA) is 32.8 Å². The van der Waals surface area contributed by atoms with Crippen LogP contribution in [0.4, 0.5) is 0 Å². The number of hydrogen-bond donors (Lipinski definition) is 0. The van der Waals surface area contributed by atoms with Gasteiger partial charge in [-0.25, -0.2) is 0 Å². The van der Waals surface area contributed by atoms with Gasteiger partial charge < -0.3 is 14.5 Å². The molecule has 1 atom stereocenters. The third-order valence-electron chi connectivity index (χ3n) is 5.78. The molecule has 4 heteroatoms. The van der Waals surface area contributed by atoms with Gasteiger partial charge in [-0.15, -0.1) is 0 Å². The van der Waals surface area contributed by atoms with E-state index < -0.39 is 0 Å². The van der Waals surface area contributed by atoms with Crippen LogP contribution in [0.2, 0.25) is 0 Å². The van der Waals surface area contributed by atoms with Crippen LogP contribution in [0.5, 0.6) is 0 Å². The van der Waals surface area contributed by atoms with E-state index in [0.29, 0.717) is 12.0 Å². The Balaban J connectivity index is 1.48. The molecule has 3 rings (SSSR count). The van der Waals surface area contributed by atoms with E-state index >= 15 is 0 Å². The van der Waals surface area contributed by atoms with Crippen LogP contribution >= 0.6 is 0 Å². The normalized spacial score (nSPS) is 28.3. The van der Waals surface area contributed by atoms with Gasteiger partial charge in [0.1, 0.15) is 0 Å². The molecule has 1 spiro atoms. The largest absolute Gasteiger partial charge is 0.377 e. The van der Waals surface area contributed by atoms with E-state index in [2.05, 4.69) is 29.7 Å².